The maximum absolute atomic E-state index is 15.5. The first-order valence-corrected chi connectivity index (χ1v) is 12.4. The third kappa shape index (κ3) is 6.36. The molecule has 1 aliphatic heterocycles. The Morgan fingerprint density at radius 2 is 2.11 bits per heavy atom. The average Bonchev–Trinajstić information content (AvgIpc) is 3.26. The van der Waals surface area contributed by atoms with Crippen molar-refractivity contribution in [2.45, 2.75) is 44.7 Å². The van der Waals surface area contributed by atoms with Gasteiger partial charge < -0.3 is 19.3 Å². The molecule has 3 aromatic rings. The first-order chi connectivity index (χ1) is 16.9. The molecule has 0 radical (unpaired) electrons. The number of fused-ring (bicyclic) bond motifs is 1. The number of imidazole rings is 1. The van der Waals surface area contributed by atoms with Crippen LogP contribution >= 0.6 is 0 Å². The van der Waals surface area contributed by atoms with Crippen molar-refractivity contribution in [1.82, 2.24) is 19.4 Å². The number of likely N-dealkylation sites (tertiary alicyclic amines) is 1. The summed E-state index contributed by atoms with van der Waals surface area (Å²) in [7, 11) is 3.60. The fourth-order valence-electron chi connectivity index (χ4n) is 5.36. The van der Waals surface area contributed by atoms with Gasteiger partial charge in [-0.15, -0.1) is 0 Å². The second kappa shape index (κ2) is 11.6. The number of pyridine rings is 1. The molecule has 0 aliphatic carbocycles. The van der Waals surface area contributed by atoms with Crippen molar-refractivity contribution < 1.29 is 19.0 Å². The van der Waals surface area contributed by atoms with Gasteiger partial charge in [-0.25, -0.2) is 9.37 Å². The Morgan fingerprint density at radius 1 is 1.26 bits per heavy atom. The van der Waals surface area contributed by atoms with Crippen LogP contribution in [0.3, 0.4) is 0 Å². The average molecular weight is 483 g/mol. The van der Waals surface area contributed by atoms with Crippen LogP contribution in [-0.4, -0.2) is 57.3 Å². The highest BCUT2D eigenvalue weighted by molar-refractivity contribution is 5.83. The molecule has 0 unspecified atom stereocenters. The summed E-state index contributed by atoms with van der Waals surface area (Å²) in [6, 6.07) is 7.25. The van der Waals surface area contributed by atoms with Gasteiger partial charge in [-0.1, -0.05) is 0 Å². The predicted octanol–water partition coefficient (Wildman–Crippen LogP) is 4.81. The van der Waals surface area contributed by atoms with Crippen LogP contribution in [0.25, 0.3) is 10.9 Å². The van der Waals surface area contributed by atoms with Crippen molar-refractivity contribution in [2.24, 2.45) is 18.9 Å². The van der Waals surface area contributed by atoms with Gasteiger partial charge in [0.15, 0.2) is 0 Å². The van der Waals surface area contributed by atoms with Gasteiger partial charge in [0.25, 0.3) is 0 Å². The lowest BCUT2D eigenvalue weighted by Gasteiger charge is -2.38. The van der Waals surface area contributed by atoms with Gasteiger partial charge in [-0.3, -0.25) is 9.78 Å². The largest absolute Gasteiger partial charge is 0.497 e. The molecular weight excluding hydrogens is 447 g/mol. The number of carboxylic acid groups (broad SMARTS) is 1. The highest BCUT2D eigenvalue weighted by Crippen LogP contribution is 2.36. The Hall–Kier alpha value is -3.00. The molecule has 0 bridgehead atoms. The van der Waals surface area contributed by atoms with Crippen LogP contribution in [0.4, 0.5) is 4.39 Å². The molecule has 35 heavy (non-hydrogen) atoms. The molecule has 2 aromatic heterocycles. The molecule has 0 spiro atoms. The summed E-state index contributed by atoms with van der Waals surface area (Å²) >= 11 is 0. The second-order valence-electron chi connectivity index (χ2n) is 9.59. The fourth-order valence-corrected chi connectivity index (χ4v) is 5.36. The van der Waals surface area contributed by atoms with E-state index in [0.29, 0.717) is 24.2 Å². The molecule has 3 heterocycles. The van der Waals surface area contributed by atoms with Crippen LogP contribution in [0.15, 0.2) is 42.9 Å². The minimum absolute atomic E-state index is 0.0379. The first-order valence-electron chi connectivity index (χ1n) is 12.4. The molecule has 8 heteroatoms. The molecule has 1 saturated heterocycles. The fraction of sp³-hybridized carbons (Fsp3) is 0.519. The molecule has 4 rings (SSSR count). The standard InChI is InChI=1S/C27H35FN4O3/c1-31-15-12-30-26(31)4-3-13-32-14-10-19(20(18-32)16-27(33)34)5-7-24(28)22-9-11-29-25-8-6-21(35-2)17-23(22)25/h6,8-9,11-12,15,17,19-20,24H,3-5,7,10,13-14,16,18H2,1-2H3,(H,33,34)/t19-,20+,24+/m1/s1. The van der Waals surface area contributed by atoms with Crippen LogP contribution in [0.2, 0.25) is 0 Å². The predicted molar refractivity (Wildman–Crippen MR) is 133 cm³/mol. The van der Waals surface area contributed by atoms with Crippen molar-refractivity contribution in [2.75, 3.05) is 26.7 Å². The van der Waals surface area contributed by atoms with Crippen LogP contribution in [0.5, 0.6) is 5.75 Å². The zero-order valence-corrected chi connectivity index (χ0v) is 20.6. The highest BCUT2D eigenvalue weighted by Gasteiger charge is 2.31. The number of nitrogens with zero attached hydrogens (tertiary/aromatic N) is 4. The second-order valence-corrected chi connectivity index (χ2v) is 9.59. The molecule has 0 amide bonds. The van der Waals surface area contributed by atoms with E-state index in [4.69, 9.17) is 4.74 Å². The summed E-state index contributed by atoms with van der Waals surface area (Å²) < 4.78 is 22.8. The van der Waals surface area contributed by atoms with E-state index in [2.05, 4.69) is 14.9 Å². The van der Waals surface area contributed by atoms with Gasteiger partial charge in [-0.05, 0) is 80.4 Å². The van der Waals surface area contributed by atoms with Crippen LogP contribution in [-0.2, 0) is 18.3 Å². The van der Waals surface area contributed by atoms with Gasteiger partial charge in [0.1, 0.15) is 17.7 Å². The number of halogens is 1. The first kappa shape index (κ1) is 25.1. The Bertz CT molecular complexity index is 1130. The zero-order chi connectivity index (χ0) is 24.8. The van der Waals surface area contributed by atoms with Crippen LogP contribution in [0.1, 0.15) is 49.7 Å². The number of aromatic nitrogens is 3. The zero-order valence-electron chi connectivity index (χ0n) is 20.6. The molecule has 7 nitrogen and oxygen atoms in total. The van der Waals surface area contributed by atoms with E-state index < -0.39 is 12.1 Å². The maximum atomic E-state index is 15.5. The Balaban J connectivity index is 1.35. The molecule has 188 valence electrons. The van der Waals surface area contributed by atoms with Crippen molar-refractivity contribution in [3.05, 3.63) is 54.2 Å². The molecule has 1 aliphatic rings. The minimum atomic E-state index is -1.13. The topological polar surface area (TPSA) is 80.5 Å². The van der Waals surface area contributed by atoms with Crippen LogP contribution < -0.4 is 4.74 Å². The smallest absolute Gasteiger partial charge is 0.303 e. The minimum Gasteiger partial charge on any atom is -0.497 e. The number of ether oxygens (including phenoxy) is 1. The van der Waals surface area contributed by atoms with Crippen molar-refractivity contribution in [1.29, 1.82) is 0 Å². The Labute approximate surface area is 205 Å². The number of hydrogen-bond acceptors (Lipinski definition) is 5. The van der Waals surface area contributed by atoms with E-state index >= 15 is 4.39 Å². The molecule has 0 saturated carbocycles. The molecule has 1 N–H and O–H groups in total. The van der Waals surface area contributed by atoms with E-state index in [1.54, 1.807) is 19.4 Å². The summed E-state index contributed by atoms with van der Waals surface area (Å²) in [6.45, 7) is 2.60. The Morgan fingerprint density at radius 3 is 2.86 bits per heavy atom. The van der Waals surface area contributed by atoms with Crippen molar-refractivity contribution >= 4 is 16.9 Å². The summed E-state index contributed by atoms with van der Waals surface area (Å²) in [6.07, 6.45) is 8.25. The third-order valence-corrected chi connectivity index (χ3v) is 7.32. The normalized spacial score (nSPS) is 19.6. The van der Waals surface area contributed by atoms with E-state index in [1.807, 2.05) is 42.2 Å². The molecule has 1 aromatic carbocycles. The summed E-state index contributed by atoms with van der Waals surface area (Å²) in [5.74, 6) is 1.21. The lowest BCUT2D eigenvalue weighted by Crippen LogP contribution is -2.42. The SMILES string of the molecule is COc1ccc2nccc([C@@H](F)CC[C@@H]3CCN(CCCc4nccn4C)C[C@@H]3CC(=O)O)c2c1. The van der Waals surface area contributed by atoms with Crippen molar-refractivity contribution in [3.8, 4) is 5.75 Å². The number of aryl methyl sites for hydroxylation is 2. The lowest BCUT2D eigenvalue weighted by atomic mass is 9.79. The van der Waals surface area contributed by atoms with Crippen LogP contribution in [0, 0.1) is 11.8 Å². The summed E-state index contributed by atoms with van der Waals surface area (Å²) in [5.41, 5.74) is 1.36. The molecular formula is C27H35FN4O3. The molecule has 3 atom stereocenters. The van der Waals surface area contributed by atoms with Crippen molar-refractivity contribution in [3.63, 3.8) is 0 Å². The van der Waals surface area contributed by atoms with Gasteiger partial charge in [0, 0.05) is 50.4 Å². The monoisotopic (exact) mass is 482 g/mol. The van der Waals surface area contributed by atoms with Gasteiger partial charge in [-0.2, -0.15) is 0 Å². The van der Waals surface area contributed by atoms with E-state index in [1.165, 1.54) is 0 Å². The number of rotatable bonds is 11. The number of aliphatic carboxylic acids is 1. The maximum Gasteiger partial charge on any atom is 0.303 e. The third-order valence-electron chi connectivity index (χ3n) is 7.32. The number of piperidine rings is 1. The summed E-state index contributed by atoms with van der Waals surface area (Å²) in [4.78, 5) is 22.7. The molecule has 1 fully saturated rings. The lowest BCUT2D eigenvalue weighted by molar-refractivity contribution is -0.139. The Kier molecular flexibility index (Phi) is 8.33. The number of methoxy groups -OCH3 is 1. The van der Waals surface area contributed by atoms with Gasteiger partial charge in [0.05, 0.1) is 12.6 Å². The summed E-state index contributed by atoms with van der Waals surface area (Å²) in [5, 5.41) is 10.3. The highest BCUT2D eigenvalue weighted by atomic mass is 19.1. The van der Waals surface area contributed by atoms with Gasteiger partial charge >= 0.3 is 5.97 Å². The van der Waals surface area contributed by atoms with E-state index in [9.17, 15) is 9.90 Å². The van der Waals surface area contributed by atoms with Gasteiger partial charge in [0.2, 0.25) is 0 Å². The number of hydrogen-bond donors (Lipinski definition) is 1. The van der Waals surface area contributed by atoms with E-state index in [-0.39, 0.29) is 18.3 Å². The number of alkyl halides is 1. The number of carbonyl (C=O) groups is 1. The number of carboxylic acids is 1. The number of benzene rings is 1. The quantitative estimate of drug-likeness (QED) is 0.422. The van der Waals surface area contributed by atoms with E-state index in [0.717, 1.165) is 55.6 Å².